The van der Waals surface area contributed by atoms with Crippen LogP contribution in [0.1, 0.15) is 29.7 Å². The SMILES string of the molecule is O=c1cc2c(nn1CCNS(=O)(=O)c1ccc(F)c(C(F)(F)F)c1)CCCC2. The molecular formula is C17H17F4N3O3S. The van der Waals surface area contributed by atoms with Crippen molar-refractivity contribution in [3.05, 3.63) is 57.3 Å². The summed E-state index contributed by atoms with van der Waals surface area (Å²) in [7, 11) is -4.32. The van der Waals surface area contributed by atoms with Crippen LogP contribution in [0.3, 0.4) is 0 Å². The molecule has 0 aliphatic heterocycles. The smallest absolute Gasteiger partial charge is 0.268 e. The maximum absolute atomic E-state index is 13.3. The van der Waals surface area contributed by atoms with Gasteiger partial charge in [0.05, 0.1) is 22.7 Å². The van der Waals surface area contributed by atoms with Crippen LogP contribution in [0.25, 0.3) is 0 Å². The van der Waals surface area contributed by atoms with Crippen LogP contribution in [0.15, 0.2) is 34.0 Å². The van der Waals surface area contributed by atoms with Gasteiger partial charge in [-0.3, -0.25) is 4.79 Å². The zero-order valence-corrected chi connectivity index (χ0v) is 15.4. The van der Waals surface area contributed by atoms with Crippen molar-refractivity contribution in [2.45, 2.75) is 43.3 Å². The molecule has 0 radical (unpaired) electrons. The van der Waals surface area contributed by atoms with E-state index in [2.05, 4.69) is 9.82 Å². The first-order valence-electron chi connectivity index (χ1n) is 8.54. The molecule has 0 amide bonds. The number of nitrogens with zero attached hydrogens (tertiary/aromatic N) is 2. The van der Waals surface area contributed by atoms with E-state index in [0.29, 0.717) is 6.07 Å². The summed E-state index contributed by atoms with van der Waals surface area (Å²) in [6.45, 7) is -0.342. The van der Waals surface area contributed by atoms with E-state index >= 15 is 0 Å². The van der Waals surface area contributed by atoms with Crippen LogP contribution in [-0.2, 0) is 35.6 Å². The summed E-state index contributed by atoms with van der Waals surface area (Å²) < 4.78 is 79.3. The summed E-state index contributed by atoms with van der Waals surface area (Å²) in [6.07, 6.45) is -1.57. The van der Waals surface area contributed by atoms with E-state index in [0.717, 1.165) is 47.7 Å². The zero-order chi connectivity index (χ0) is 20.5. The van der Waals surface area contributed by atoms with Gasteiger partial charge in [-0.2, -0.15) is 18.3 Å². The lowest BCUT2D eigenvalue weighted by Gasteiger charge is -2.16. The van der Waals surface area contributed by atoms with Gasteiger partial charge in [0, 0.05) is 12.6 Å². The van der Waals surface area contributed by atoms with Crippen molar-refractivity contribution in [1.29, 1.82) is 0 Å². The van der Waals surface area contributed by atoms with Crippen molar-refractivity contribution in [2.24, 2.45) is 0 Å². The van der Waals surface area contributed by atoms with E-state index in [9.17, 15) is 30.8 Å². The Kier molecular flexibility index (Phi) is 5.57. The molecule has 6 nitrogen and oxygen atoms in total. The van der Waals surface area contributed by atoms with Crippen LogP contribution in [0, 0.1) is 5.82 Å². The number of halogens is 4. The summed E-state index contributed by atoms with van der Waals surface area (Å²) in [6, 6.07) is 2.91. The fourth-order valence-corrected chi connectivity index (χ4v) is 4.07. The van der Waals surface area contributed by atoms with Crippen molar-refractivity contribution in [2.75, 3.05) is 6.54 Å². The molecule has 28 heavy (non-hydrogen) atoms. The van der Waals surface area contributed by atoms with E-state index in [1.165, 1.54) is 6.07 Å². The van der Waals surface area contributed by atoms with Gasteiger partial charge in [-0.25, -0.2) is 22.2 Å². The first-order chi connectivity index (χ1) is 13.1. The Balaban J connectivity index is 1.74. The standard InChI is InChI=1S/C17H17F4N3O3S/c18-14-6-5-12(10-13(14)17(19,20)21)28(26,27)22-7-8-24-16(25)9-11-3-1-2-4-15(11)23-24/h5-6,9-10,22H,1-4,7-8H2. The monoisotopic (exact) mass is 419 g/mol. The first-order valence-corrected chi connectivity index (χ1v) is 10.0. The van der Waals surface area contributed by atoms with Crippen LogP contribution in [0.5, 0.6) is 0 Å². The maximum atomic E-state index is 13.3. The highest BCUT2D eigenvalue weighted by molar-refractivity contribution is 7.89. The molecule has 1 heterocycles. The van der Waals surface area contributed by atoms with Gasteiger partial charge in [-0.15, -0.1) is 0 Å². The van der Waals surface area contributed by atoms with Crippen molar-refractivity contribution in [3.8, 4) is 0 Å². The lowest BCUT2D eigenvalue weighted by molar-refractivity contribution is -0.140. The second-order valence-corrected chi connectivity index (χ2v) is 8.19. The van der Waals surface area contributed by atoms with Gasteiger partial charge in [-0.05, 0) is 49.4 Å². The number of hydrogen-bond donors (Lipinski definition) is 1. The predicted molar refractivity (Wildman–Crippen MR) is 91.7 cm³/mol. The Morgan fingerprint density at radius 3 is 2.57 bits per heavy atom. The largest absolute Gasteiger partial charge is 0.419 e. The van der Waals surface area contributed by atoms with E-state index in [4.69, 9.17) is 0 Å². The molecule has 1 aromatic heterocycles. The molecule has 0 bridgehead atoms. The highest BCUT2D eigenvalue weighted by Gasteiger charge is 2.35. The Morgan fingerprint density at radius 2 is 1.86 bits per heavy atom. The quantitative estimate of drug-likeness (QED) is 0.754. The normalized spacial score (nSPS) is 14.7. The molecule has 0 atom stereocenters. The second-order valence-electron chi connectivity index (χ2n) is 6.42. The van der Waals surface area contributed by atoms with E-state index in [1.807, 2.05) is 0 Å². The number of aryl methyl sites for hydroxylation is 2. The van der Waals surface area contributed by atoms with Gasteiger partial charge < -0.3 is 0 Å². The topological polar surface area (TPSA) is 81.1 Å². The number of nitrogens with one attached hydrogen (secondary N) is 1. The summed E-state index contributed by atoms with van der Waals surface area (Å²) in [5, 5.41) is 4.23. The van der Waals surface area contributed by atoms with Crippen molar-refractivity contribution >= 4 is 10.0 Å². The number of hydrogen-bond acceptors (Lipinski definition) is 4. The Hall–Kier alpha value is -2.27. The minimum absolute atomic E-state index is 0.0847. The van der Waals surface area contributed by atoms with Crippen molar-refractivity contribution < 1.29 is 26.0 Å². The molecule has 1 N–H and O–H groups in total. The number of alkyl halides is 3. The van der Waals surface area contributed by atoms with E-state index in [-0.39, 0.29) is 24.7 Å². The predicted octanol–water partition coefficient (Wildman–Crippen LogP) is 2.26. The zero-order valence-electron chi connectivity index (χ0n) is 14.6. The molecule has 3 rings (SSSR count). The molecule has 0 saturated carbocycles. The lowest BCUT2D eigenvalue weighted by atomic mass is 9.97. The third-order valence-corrected chi connectivity index (χ3v) is 5.90. The summed E-state index contributed by atoms with van der Waals surface area (Å²) in [5.74, 6) is -1.56. The van der Waals surface area contributed by atoms with E-state index < -0.39 is 32.5 Å². The van der Waals surface area contributed by atoms with Crippen LogP contribution in [0.4, 0.5) is 17.6 Å². The highest BCUT2D eigenvalue weighted by atomic mass is 32.2. The second kappa shape index (κ2) is 7.63. The molecule has 0 spiro atoms. The molecule has 1 aliphatic rings. The van der Waals surface area contributed by atoms with Crippen molar-refractivity contribution in [3.63, 3.8) is 0 Å². The molecule has 1 aromatic carbocycles. The van der Waals surface area contributed by atoms with Gasteiger partial charge in [0.25, 0.3) is 5.56 Å². The Bertz CT molecular complexity index is 1050. The molecule has 1 aliphatic carbocycles. The molecule has 152 valence electrons. The van der Waals surface area contributed by atoms with Crippen LogP contribution in [0.2, 0.25) is 0 Å². The summed E-state index contributed by atoms with van der Waals surface area (Å²) in [5.41, 5.74) is -0.356. The molecule has 0 unspecified atom stereocenters. The fourth-order valence-electron chi connectivity index (χ4n) is 3.02. The average Bonchev–Trinajstić information content (AvgIpc) is 2.61. The number of fused-ring (bicyclic) bond motifs is 1. The summed E-state index contributed by atoms with van der Waals surface area (Å²) in [4.78, 5) is 11.3. The molecular weight excluding hydrogens is 402 g/mol. The van der Waals surface area contributed by atoms with Crippen LogP contribution in [-0.4, -0.2) is 24.7 Å². The Labute approximate surface area is 158 Å². The summed E-state index contributed by atoms with van der Waals surface area (Å²) >= 11 is 0. The molecule has 0 fully saturated rings. The van der Waals surface area contributed by atoms with Crippen LogP contribution < -0.4 is 10.3 Å². The first kappa shape index (κ1) is 20.5. The fraction of sp³-hybridized carbons (Fsp3) is 0.412. The van der Waals surface area contributed by atoms with Gasteiger partial charge in [0.2, 0.25) is 10.0 Å². The number of sulfonamides is 1. The molecule has 2 aromatic rings. The third kappa shape index (κ3) is 4.41. The molecule has 11 heteroatoms. The maximum Gasteiger partial charge on any atom is 0.419 e. The van der Waals surface area contributed by atoms with Gasteiger partial charge in [0.1, 0.15) is 5.82 Å². The number of rotatable bonds is 5. The molecule has 0 saturated heterocycles. The average molecular weight is 419 g/mol. The minimum Gasteiger partial charge on any atom is -0.268 e. The van der Waals surface area contributed by atoms with Gasteiger partial charge in [-0.1, -0.05) is 0 Å². The number of benzene rings is 1. The Morgan fingerprint density at radius 1 is 1.14 bits per heavy atom. The van der Waals surface area contributed by atoms with Gasteiger partial charge >= 0.3 is 6.18 Å². The third-order valence-electron chi connectivity index (χ3n) is 4.44. The van der Waals surface area contributed by atoms with Crippen LogP contribution >= 0.6 is 0 Å². The lowest BCUT2D eigenvalue weighted by Crippen LogP contribution is -2.33. The number of aromatic nitrogens is 2. The highest BCUT2D eigenvalue weighted by Crippen LogP contribution is 2.32. The van der Waals surface area contributed by atoms with Gasteiger partial charge in [0.15, 0.2) is 0 Å². The minimum atomic E-state index is -5.02. The van der Waals surface area contributed by atoms with Crippen molar-refractivity contribution in [1.82, 2.24) is 14.5 Å². The van der Waals surface area contributed by atoms with E-state index in [1.54, 1.807) is 0 Å².